The van der Waals surface area contributed by atoms with E-state index < -0.39 is 13.8 Å². The van der Waals surface area contributed by atoms with Crippen LogP contribution in [0.4, 0.5) is 0 Å². The van der Waals surface area contributed by atoms with Crippen molar-refractivity contribution < 1.29 is 27.7 Å². The predicted molar refractivity (Wildman–Crippen MR) is 48.5 cm³/mol. The molecule has 0 fully saturated rings. The Morgan fingerprint density at radius 3 is 2.36 bits per heavy atom. The first-order chi connectivity index (χ1) is 6.58. The summed E-state index contributed by atoms with van der Waals surface area (Å²) in [6, 6.07) is 0. The van der Waals surface area contributed by atoms with Crippen LogP contribution < -0.4 is 0 Å². The van der Waals surface area contributed by atoms with Crippen LogP contribution in [-0.2, 0) is 27.7 Å². The average molecular weight is 224 g/mol. The van der Waals surface area contributed by atoms with Gasteiger partial charge in [-0.15, -0.1) is 0 Å². The minimum Gasteiger partial charge on any atom is -0.463 e. The van der Waals surface area contributed by atoms with Gasteiger partial charge in [-0.25, -0.2) is 9.36 Å². The molecule has 0 aliphatic heterocycles. The molecule has 14 heavy (non-hydrogen) atoms. The van der Waals surface area contributed by atoms with Crippen LogP contribution in [0.15, 0.2) is 12.3 Å². The second kappa shape index (κ2) is 6.59. The molecule has 0 bridgehead atoms. The molecule has 0 aromatic rings. The molecule has 0 radical (unpaired) electrons. The van der Waals surface area contributed by atoms with Crippen LogP contribution in [0.3, 0.4) is 0 Å². The summed E-state index contributed by atoms with van der Waals surface area (Å²) in [5, 5.41) is 0. The molecular weight excluding hydrogens is 211 g/mol. The number of carbonyl (C=O) groups excluding carboxylic acids is 1. The molecule has 0 aliphatic rings. The van der Waals surface area contributed by atoms with E-state index in [9.17, 15) is 9.36 Å². The lowest BCUT2D eigenvalue weighted by molar-refractivity contribution is -0.137. The quantitative estimate of drug-likeness (QED) is 0.294. The Hall–Kier alpha value is -0.840. The molecular formula is C7H13O6P. The number of esters is 1. The summed E-state index contributed by atoms with van der Waals surface area (Å²) in [5.74, 6) is -0.591. The fourth-order valence-corrected chi connectivity index (χ4v) is 1.04. The van der Waals surface area contributed by atoms with Crippen molar-refractivity contribution in [3.05, 3.63) is 12.3 Å². The van der Waals surface area contributed by atoms with Crippen molar-refractivity contribution in [3.8, 4) is 0 Å². The highest BCUT2D eigenvalue weighted by atomic mass is 31.2. The fourth-order valence-electron chi connectivity index (χ4n) is 0.511. The molecule has 7 heteroatoms. The molecule has 0 spiro atoms. The summed E-state index contributed by atoms with van der Waals surface area (Å²) in [5.41, 5.74) is 0. The molecule has 0 atom stereocenters. The van der Waals surface area contributed by atoms with E-state index in [0.29, 0.717) is 0 Å². The van der Waals surface area contributed by atoms with Gasteiger partial charge >= 0.3 is 13.8 Å². The maximum Gasteiger partial charge on any atom is 0.528 e. The van der Waals surface area contributed by atoms with Gasteiger partial charge in [0.1, 0.15) is 6.26 Å². The van der Waals surface area contributed by atoms with Crippen LogP contribution in [0.5, 0.6) is 0 Å². The van der Waals surface area contributed by atoms with Crippen molar-refractivity contribution in [1.82, 2.24) is 0 Å². The van der Waals surface area contributed by atoms with Crippen molar-refractivity contribution in [1.29, 1.82) is 0 Å². The largest absolute Gasteiger partial charge is 0.528 e. The van der Waals surface area contributed by atoms with Crippen molar-refractivity contribution in [2.45, 2.75) is 6.92 Å². The molecule has 0 aliphatic carbocycles. The van der Waals surface area contributed by atoms with Gasteiger partial charge in [-0.05, 0) is 6.92 Å². The lowest BCUT2D eigenvalue weighted by Gasteiger charge is -2.10. The number of phosphoric ester groups is 1. The minimum atomic E-state index is -3.55. The fraction of sp³-hybridized carbons (Fsp3) is 0.571. The number of carbonyl (C=O) groups is 1. The van der Waals surface area contributed by atoms with Crippen molar-refractivity contribution in [2.24, 2.45) is 0 Å². The molecule has 0 N–H and O–H groups in total. The Morgan fingerprint density at radius 2 is 1.93 bits per heavy atom. The maximum absolute atomic E-state index is 11.2. The molecule has 0 aromatic carbocycles. The van der Waals surface area contributed by atoms with Crippen molar-refractivity contribution in [2.75, 3.05) is 20.8 Å². The van der Waals surface area contributed by atoms with E-state index in [1.54, 1.807) is 6.92 Å². The van der Waals surface area contributed by atoms with E-state index in [2.05, 4.69) is 18.3 Å². The lowest BCUT2D eigenvalue weighted by atomic mass is 10.6. The first kappa shape index (κ1) is 13.2. The van der Waals surface area contributed by atoms with E-state index in [1.165, 1.54) is 14.2 Å². The number of hydrogen-bond acceptors (Lipinski definition) is 6. The van der Waals surface area contributed by atoms with Gasteiger partial charge in [0.25, 0.3) is 0 Å². The van der Waals surface area contributed by atoms with Gasteiger partial charge in [0.05, 0.1) is 12.7 Å². The van der Waals surface area contributed by atoms with E-state index >= 15 is 0 Å². The van der Waals surface area contributed by atoms with E-state index in [0.717, 1.165) is 12.3 Å². The number of ether oxygens (including phenoxy) is 1. The van der Waals surface area contributed by atoms with Crippen LogP contribution in [-0.4, -0.2) is 26.8 Å². The highest BCUT2D eigenvalue weighted by Crippen LogP contribution is 2.47. The van der Waals surface area contributed by atoms with Gasteiger partial charge in [-0.3, -0.25) is 9.05 Å². The number of rotatable bonds is 6. The van der Waals surface area contributed by atoms with Crippen LogP contribution in [0.1, 0.15) is 6.92 Å². The van der Waals surface area contributed by atoms with Crippen LogP contribution in [0, 0.1) is 0 Å². The molecule has 0 heterocycles. The summed E-state index contributed by atoms with van der Waals surface area (Å²) in [6.07, 6.45) is 1.89. The van der Waals surface area contributed by atoms with Gasteiger partial charge in [-0.1, -0.05) is 0 Å². The third kappa shape index (κ3) is 5.01. The van der Waals surface area contributed by atoms with Gasteiger partial charge in [0.2, 0.25) is 0 Å². The number of hydrogen-bond donors (Lipinski definition) is 0. The SMILES string of the molecule is CCOC(=O)/C=C/OP(=O)(OC)OC. The molecule has 0 saturated heterocycles. The van der Waals surface area contributed by atoms with E-state index in [-0.39, 0.29) is 6.61 Å². The summed E-state index contributed by atoms with van der Waals surface area (Å²) >= 11 is 0. The first-order valence-corrected chi connectivity index (χ1v) is 5.27. The summed E-state index contributed by atoms with van der Waals surface area (Å²) in [7, 11) is -1.21. The number of phosphoric acid groups is 1. The van der Waals surface area contributed by atoms with Gasteiger partial charge in [0, 0.05) is 14.2 Å². The Bertz CT molecular complexity index is 241. The molecule has 0 amide bonds. The Morgan fingerprint density at radius 1 is 1.36 bits per heavy atom. The Kier molecular flexibility index (Phi) is 6.19. The lowest BCUT2D eigenvalue weighted by Crippen LogP contribution is -1.99. The standard InChI is InChI=1S/C7H13O6P/c1-4-12-7(8)5-6-13-14(9,10-2)11-3/h5-6H,4H2,1-3H3/b6-5+. The van der Waals surface area contributed by atoms with Crippen molar-refractivity contribution >= 4 is 13.8 Å². The topological polar surface area (TPSA) is 71.1 Å². The highest BCUT2D eigenvalue weighted by molar-refractivity contribution is 7.48. The zero-order chi connectivity index (χ0) is 11.0. The maximum atomic E-state index is 11.2. The second-order valence-corrected chi connectivity index (χ2v) is 3.81. The molecule has 0 saturated carbocycles. The van der Waals surface area contributed by atoms with Crippen LogP contribution >= 0.6 is 7.82 Å². The zero-order valence-corrected chi connectivity index (χ0v) is 9.15. The highest BCUT2D eigenvalue weighted by Gasteiger charge is 2.21. The summed E-state index contributed by atoms with van der Waals surface area (Å²) in [6.45, 7) is 1.93. The van der Waals surface area contributed by atoms with Gasteiger partial charge in [0.15, 0.2) is 0 Å². The van der Waals surface area contributed by atoms with Gasteiger partial charge < -0.3 is 9.26 Å². The third-order valence-electron chi connectivity index (χ3n) is 1.13. The zero-order valence-electron chi connectivity index (χ0n) is 8.26. The van der Waals surface area contributed by atoms with Crippen LogP contribution in [0.25, 0.3) is 0 Å². The van der Waals surface area contributed by atoms with Crippen LogP contribution in [0.2, 0.25) is 0 Å². The molecule has 0 rings (SSSR count). The molecule has 0 aromatic heterocycles. The second-order valence-electron chi connectivity index (χ2n) is 1.97. The summed E-state index contributed by atoms with van der Waals surface area (Å²) < 4.78 is 29.2. The third-order valence-corrected chi connectivity index (χ3v) is 2.40. The minimum absolute atomic E-state index is 0.259. The smallest absolute Gasteiger partial charge is 0.463 e. The molecule has 0 unspecified atom stereocenters. The monoisotopic (exact) mass is 224 g/mol. The summed E-state index contributed by atoms with van der Waals surface area (Å²) in [4.78, 5) is 10.7. The van der Waals surface area contributed by atoms with E-state index in [1.807, 2.05) is 0 Å². The molecule has 6 nitrogen and oxygen atoms in total. The molecule has 82 valence electrons. The van der Waals surface area contributed by atoms with Gasteiger partial charge in [-0.2, -0.15) is 0 Å². The van der Waals surface area contributed by atoms with Crippen molar-refractivity contribution in [3.63, 3.8) is 0 Å². The predicted octanol–water partition coefficient (Wildman–Crippen LogP) is 1.48. The average Bonchev–Trinajstić information content (AvgIpc) is 2.18. The first-order valence-electron chi connectivity index (χ1n) is 3.81. The Balaban J connectivity index is 4.03. The Labute approximate surface area is 82.4 Å². The normalized spacial score (nSPS) is 11.6. The van der Waals surface area contributed by atoms with E-state index in [4.69, 9.17) is 0 Å².